The summed E-state index contributed by atoms with van der Waals surface area (Å²) in [6.45, 7) is 3.69. The topological polar surface area (TPSA) is 159 Å². The molecule has 11 nitrogen and oxygen atoms in total. The van der Waals surface area contributed by atoms with Crippen LogP contribution in [0.4, 0.5) is 16.2 Å². The molecule has 0 radical (unpaired) electrons. The molecule has 13 heteroatoms. The number of carboxylic acids is 1. The van der Waals surface area contributed by atoms with Gasteiger partial charge in [-0.05, 0) is 30.2 Å². The van der Waals surface area contributed by atoms with Crippen LogP contribution in [0.2, 0.25) is 0 Å². The summed E-state index contributed by atoms with van der Waals surface area (Å²) in [6, 6.07) is 6.96. The molecule has 3 aromatic rings. The summed E-state index contributed by atoms with van der Waals surface area (Å²) in [5, 5.41) is 33.3. The number of anilines is 2. The van der Waals surface area contributed by atoms with E-state index in [1.165, 1.54) is 47.2 Å². The molecule has 3 rings (SSSR count). The van der Waals surface area contributed by atoms with Gasteiger partial charge in [-0.2, -0.15) is 9.40 Å². The molecule has 0 fully saturated rings. The zero-order valence-corrected chi connectivity index (χ0v) is 22.2. The number of hydrogen-bond acceptors (Lipinski definition) is 8. The summed E-state index contributed by atoms with van der Waals surface area (Å²) in [5.41, 5.74) is 1.62. The van der Waals surface area contributed by atoms with Crippen LogP contribution in [-0.4, -0.2) is 67.9 Å². The van der Waals surface area contributed by atoms with Crippen molar-refractivity contribution in [2.45, 2.75) is 44.8 Å². The second-order valence-electron chi connectivity index (χ2n) is 9.12. The van der Waals surface area contributed by atoms with Gasteiger partial charge in [0.2, 0.25) is 16.0 Å². The third-order valence-electron chi connectivity index (χ3n) is 5.46. The predicted molar refractivity (Wildman–Crippen MR) is 140 cm³/mol. The molecule has 0 amide bonds. The lowest BCUT2D eigenvalue weighted by molar-refractivity contribution is -0.139. The van der Waals surface area contributed by atoms with Crippen LogP contribution in [0.3, 0.4) is 0 Å². The molecular formula is C25H30FN5O6S. The molecule has 2 aromatic heterocycles. The molecule has 2 heterocycles. The number of carboxylic acid groups (broad SMARTS) is 1. The number of aliphatic hydroxyl groups excluding tert-OH is 2. The molecule has 0 unspecified atom stereocenters. The quantitative estimate of drug-likeness (QED) is 0.328. The monoisotopic (exact) mass is 547 g/mol. The average molecular weight is 548 g/mol. The molecule has 0 spiro atoms. The van der Waals surface area contributed by atoms with E-state index >= 15 is 0 Å². The first-order valence-electron chi connectivity index (χ1n) is 11.7. The zero-order valence-electron chi connectivity index (χ0n) is 21.4. The van der Waals surface area contributed by atoms with Crippen LogP contribution >= 0.6 is 0 Å². The Kier molecular flexibility index (Phi) is 8.97. The summed E-state index contributed by atoms with van der Waals surface area (Å²) in [5.74, 6) is -1.99. The lowest BCUT2D eigenvalue weighted by Gasteiger charge is -2.22. The molecule has 38 heavy (non-hydrogen) atoms. The minimum atomic E-state index is -3.93. The van der Waals surface area contributed by atoms with E-state index in [1.807, 2.05) is 13.8 Å². The van der Waals surface area contributed by atoms with Gasteiger partial charge in [0.15, 0.2) is 5.82 Å². The van der Waals surface area contributed by atoms with Crippen molar-refractivity contribution >= 4 is 33.8 Å². The number of nitrogens with zero attached hydrogens (tertiary/aromatic N) is 5. The summed E-state index contributed by atoms with van der Waals surface area (Å²) >= 11 is 0. The first-order valence-corrected chi connectivity index (χ1v) is 13.5. The standard InChI is InChI=1S/C25H30FN5O6S/c1-15(2)23-20(10-9-18(32)13-19(33)14-22(34)35)24(16-5-7-17(26)8-6-16)28-25(27-23)31(38(4,36)37)21-11-12-30(3)29-21/h5-12,15,18-19,32-33H,13-14H2,1-4H3,(H,34,35)/b10-9+/t18-,19-/m1/s1. The fourth-order valence-corrected chi connectivity index (χ4v) is 4.59. The van der Waals surface area contributed by atoms with Crippen molar-refractivity contribution in [1.29, 1.82) is 0 Å². The van der Waals surface area contributed by atoms with Crippen molar-refractivity contribution < 1.29 is 32.9 Å². The summed E-state index contributed by atoms with van der Waals surface area (Å²) < 4.78 is 41.7. The Bertz CT molecular complexity index is 1420. The van der Waals surface area contributed by atoms with Crippen molar-refractivity contribution in [2.24, 2.45) is 7.05 Å². The maximum atomic E-state index is 13.7. The molecule has 0 aliphatic rings. The number of sulfonamides is 1. The van der Waals surface area contributed by atoms with E-state index in [2.05, 4.69) is 15.1 Å². The van der Waals surface area contributed by atoms with Gasteiger partial charge < -0.3 is 15.3 Å². The molecule has 204 valence electrons. The van der Waals surface area contributed by atoms with Crippen molar-refractivity contribution in [3.63, 3.8) is 0 Å². The molecular weight excluding hydrogens is 517 g/mol. The summed E-state index contributed by atoms with van der Waals surface area (Å²) in [4.78, 5) is 19.9. The highest BCUT2D eigenvalue weighted by Crippen LogP contribution is 2.34. The van der Waals surface area contributed by atoms with Gasteiger partial charge in [0, 0.05) is 36.9 Å². The second-order valence-corrected chi connectivity index (χ2v) is 11.0. The zero-order chi connectivity index (χ0) is 28.2. The molecule has 0 aliphatic carbocycles. The number of carbonyl (C=O) groups is 1. The number of aliphatic carboxylic acids is 1. The fraction of sp³-hybridized carbons (Fsp3) is 0.360. The predicted octanol–water partition coefficient (Wildman–Crippen LogP) is 2.84. The van der Waals surface area contributed by atoms with Crippen LogP contribution in [0.1, 0.15) is 43.9 Å². The van der Waals surface area contributed by atoms with E-state index in [0.717, 1.165) is 10.6 Å². The van der Waals surface area contributed by atoms with E-state index in [0.29, 0.717) is 16.8 Å². The summed E-state index contributed by atoms with van der Waals surface area (Å²) in [7, 11) is -2.29. The third kappa shape index (κ3) is 7.21. The van der Waals surface area contributed by atoms with Crippen LogP contribution in [0.5, 0.6) is 0 Å². The minimum Gasteiger partial charge on any atom is -0.481 e. The number of rotatable bonds is 11. The number of aryl methyl sites for hydroxylation is 1. The molecule has 0 aliphatic heterocycles. The SMILES string of the molecule is CC(C)c1nc(N(c2ccn(C)n2)S(C)(=O)=O)nc(-c2ccc(F)cc2)c1/C=C/[C@@H](O)C[C@@H](O)CC(=O)O. The highest BCUT2D eigenvalue weighted by molar-refractivity contribution is 7.92. The van der Waals surface area contributed by atoms with Gasteiger partial charge in [-0.25, -0.2) is 22.8 Å². The van der Waals surface area contributed by atoms with Crippen LogP contribution in [0, 0.1) is 5.82 Å². The van der Waals surface area contributed by atoms with Crippen LogP contribution in [0.15, 0.2) is 42.6 Å². The van der Waals surface area contributed by atoms with E-state index in [9.17, 15) is 27.8 Å². The highest BCUT2D eigenvalue weighted by atomic mass is 32.2. The Morgan fingerprint density at radius 2 is 1.82 bits per heavy atom. The lowest BCUT2D eigenvalue weighted by Crippen LogP contribution is -2.28. The van der Waals surface area contributed by atoms with Gasteiger partial charge in [-0.3, -0.25) is 9.48 Å². The van der Waals surface area contributed by atoms with Crippen molar-refractivity contribution in [3.05, 3.63) is 59.7 Å². The number of aromatic nitrogens is 4. The minimum absolute atomic E-state index is 0.0842. The normalized spacial score (nSPS) is 13.7. The highest BCUT2D eigenvalue weighted by Gasteiger charge is 2.28. The summed E-state index contributed by atoms with van der Waals surface area (Å²) in [6.07, 6.45) is 2.30. The second kappa shape index (κ2) is 11.8. The van der Waals surface area contributed by atoms with Gasteiger partial charge in [-0.15, -0.1) is 0 Å². The third-order valence-corrected chi connectivity index (χ3v) is 6.47. The maximum absolute atomic E-state index is 13.7. The number of aliphatic hydroxyl groups is 2. The number of benzene rings is 1. The molecule has 1 aromatic carbocycles. The van der Waals surface area contributed by atoms with Gasteiger partial charge in [0.05, 0.1) is 36.3 Å². The molecule has 0 bridgehead atoms. The molecule has 0 saturated carbocycles. The van der Waals surface area contributed by atoms with Crippen LogP contribution < -0.4 is 4.31 Å². The molecule has 2 atom stereocenters. The Hall–Kier alpha value is -3.68. The van der Waals surface area contributed by atoms with Crippen LogP contribution in [-0.2, 0) is 21.9 Å². The van der Waals surface area contributed by atoms with E-state index in [1.54, 1.807) is 13.2 Å². The maximum Gasteiger partial charge on any atom is 0.305 e. The van der Waals surface area contributed by atoms with Gasteiger partial charge >= 0.3 is 5.97 Å². The smallest absolute Gasteiger partial charge is 0.305 e. The van der Waals surface area contributed by atoms with E-state index in [-0.39, 0.29) is 29.8 Å². The first-order chi connectivity index (χ1) is 17.8. The Morgan fingerprint density at radius 1 is 1.16 bits per heavy atom. The van der Waals surface area contributed by atoms with Crippen molar-refractivity contribution in [3.8, 4) is 11.3 Å². The van der Waals surface area contributed by atoms with E-state index in [4.69, 9.17) is 5.11 Å². The molecule has 3 N–H and O–H groups in total. The average Bonchev–Trinajstić information content (AvgIpc) is 3.21. The van der Waals surface area contributed by atoms with E-state index < -0.39 is 40.4 Å². The fourth-order valence-electron chi connectivity index (χ4n) is 3.78. The largest absolute Gasteiger partial charge is 0.481 e. The Labute approximate surface area is 220 Å². The lowest BCUT2D eigenvalue weighted by atomic mass is 9.97. The Balaban J connectivity index is 2.20. The van der Waals surface area contributed by atoms with Crippen molar-refractivity contribution in [1.82, 2.24) is 19.7 Å². The van der Waals surface area contributed by atoms with Crippen molar-refractivity contribution in [2.75, 3.05) is 10.6 Å². The molecule has 0 saturated heterocycles. The van der Waals surface area contributed by atoms with Gasteiger partial charge in [0.25, 0.3) is 0 Å². The van der Waals surface area contributed by atoms with Gasteiger partial charge in [-0.1, -0.05) is 26.0 Å². The number of halogens is 1. The van der Waals surface area contributed by atoms with Crippen LogP contribution in [0.25, 0.3) is 17.3 Å². The first kappa shape index (κ1) is 28.9. The Morgan fingerprint density at radius 3 is 2.34 bits per heavy atom. The number of hydrogen-bond donors (Lipinski definition) is 3. The van der Waals surface area contributed by atoms with Gasteiger partial charge in [0.1, 0.15) is 5.82 Å².